The van der Waals surface area contributed by atoms with E-state index in [1.165, 1.54) is 0 Å². The molecule has 1 aromatic rings. The molecule has 84 valence electrons. The highest BCUT2D eigenvalue weighted by Crippen LogP contribution is 2.32. The van der Waals surface area contributed by atoms with E-state index in [9.17, 15) is 17.9 Å². The van der Waals surface area contributed by atoms with Gasteiger partial charge >= 0.3 is 0 Å². The molecule has 0 aliphatic rings. The molecular weight excluding hydrogens is 311 g/mol. The van der Waals surface area contributed by atoms with E-state index in [2.05, 4.69) is 15.9 Å². The topological polar surface area (TPSA) is 54.4 Å². The summed E-state index contributed by atoms with van der Waals surface area (Å²) < 4.78 is 35.1. The zero-order chi connectivity index (χ0) is 11.8. The maximum Gasteiger partial charge on any atom is 0.236 e. The minimum Gasteiger partial charge on any atom is -0.505 e. The van der Waals surface area contributed by atoms with Crippen LogP contribution in [0.1, 0.15) is 11.1 Å². The number of benzene rings is 1. The third-order valence-electron chi connectivity index (χ3n) is 1.89. The summed E-state index contributed by atoms with van der Waals surface area (Å²) in [6, 6.07) is 1.06. The number of rotatable bonds is 2. The fourth-order valence-electron chi connectivity index (χ4n) is 1.10. The number of aromatic hydroxyl groups is 1. The van der Waals surface area contributed by atoms with Crippen LogP contribution in [0.5, 0.6) is 5.75 Å². The summed E-state index contributed by atoms with van der Waals surface area (Å²) in [4.78, 5) is 0. The lowest BCUT2D eigenvalue weighted by molar-refractivity contribution is 0.426. The first-order chi connectivity index (χ1) is 6.72. The van der Waals surface area contributed by atoms with Gasteiger partial charge in [-0.05, 0) is 18.6 Å². The average molecular weight is 318 g/mol. The lowest BCUT2D eigenvalue weighted by atomic mass is 10.1. The molecule has 0 spiro atoms. The van der Waals surface area contributed by atoms with Crippen LogP contribution in [0.25, 0.3) is 0 Å². The van der Waals surface area contributed by atoms with E-state index in [1.54, 1.807) is 6.92 Å². The number of halogens is 3. The standard InChI is InChI=1S/C8H7BrClFO3S/c1-4-5(3-15(10,13)14)8(12)7(11)2-6(4)9/h2,12H,3H2,1H3. The zero-order valence-electron chi connectivity index (χ0n) is 7.59. The van der Waals surface area contributed by atoms with Gasteiger partial charge in [0.05, 0.1) is 5.75 Å². The van der Waals surface area contributed by atoms with Crippen molar-refractivity contribution in [3.63, 3.8) is 0 Å². The summed E-state index contributed by atoms with van der Waals surface area (Å²) >= 11 is 3.05. The summed E-state index contributed by atoms with van der Waals surface area (Å²) in [5, 5.41) is 9.35. The Morgan fingerprint density at radius 1 is 1.60 bits per heavy atom. The minimum atomic E-state index is -3.83. The van der Waals surface area contributed by atoms with Gasteiger partial charge in [-0.3, -0.25) is 0 Å². The Balaban J connectivity index is 3.40. The SMILES string of the molecule is Cc1c(Br)cc(F)c(O)c1CS(=O)(=O)Cl. The van der Waals surface area contributed by atoms with Crippen molar-refractivity contribution in [2.45, 2.75) is 12.7 Å². The maximum atomic E-state index is 13.1. The maximum absolute atomic E-state index is 13.1. The Morgan fingerprint density at radius 3 is 2.60 bits per heavy atom. The van der Waals surface area contributed by atoms with Gasteiger partial charge in [0, 0.05) is 20.7 Å². The van der Waals surface area contributed by atoms with Crippen molar-refractivity contribution in [3.05, 3.63) is 27.5 Å². The van der Waals surface area contributed by atoms with Crippen LogP contribution in [0.4, 0.5) is 4.39 Å². The molecule has 0 aliphatic heterocycles. The molecule has 1 N–H and O–H groups in total. The van der Waals surface area contributed by atoms with Crippen LogP contribution < -0.4 is 0 Å². The van der Waals surface area contributed by atoms with Gasteiger partial charge in [0.1, 0.15) is 0 Å². The Labute approximate surface area is 99.4 Å². The second kappa shape index (κ2) is 4.27. The van der Waals surface area contributed by atoms with Gasteiger partial charge in [0.25, 0.3) is 0 Å². The van der Waals surface area contributed by atoms with Crippen molar-refractivity contribution in [2.24, 2.45) is 0 Å². The van der Waals surface area contributed by atoms with Gasteiger partial charge < -0.3 is 5.11 Å². The first-order valence-corrected chi connectivity index (χ1v) is 7.08. The highest BCUT2D eigenvalue weighted by molar-refractivity contribution is 9.10. The lowest BCUT2D eigenvalue weighted by Gasteiger charge is -2.09. The molecule has 0 heterocycles. The van der Waals surface area contributed by atoms with Crippen molar-refractivity contribution >= 4 is 35.7 Å². The van der Waals surface area contributed by atoms with E-state index < -0.39 is 26.4 Å². The summed E-state index contributed by atoms with van der Waals surface area (Å²) in [5.41, 5.74) is 0.412. The number of phenols is 1. The third kappa shape index (κ3) is 3.06. The summed E-state index contributed by atoms with van der Waals surface area (Å²) in [5.74, 6) is -2.18. The van der Waals surface area contributed by atoms with Crippen LogP contribution in [0, 0.1) is 12.7 Å². The molecular formula is C8H7BrClFO3S. The van der Waals surface area contributed by atoms with Crippen molar-refractivity contribution < 1.29 is 17.9 Å². The molecule has 7 heteroatoms. The molecule has 0 unspecified atom stereocenters. The van der Waals surface area contributed by atoms with Crippen molar-refractivity contribution in [1.29, 1.82) is 0 Å². The van der Waals surface area contributed by atoms with Crippen molar-refractivity contribution in [2.75, 3.05) is 0 Å². The molecule has 0 saturated carbocycles. The van der Waals surface area contributed by atoms with E-state index in [4.69, 9.17) is 10.7 Å². The van der Waals surface area contributed by atoms with Crippen LogP contribution in [0.15, 0.2) is 10.5 Å². The predicted octanol–water partition coefficient (Wildman–Crippen LogP) is 2.67. The van der Waals surface area contributed by atoms with Gasteiger partial charge in [-0.1, -0.05) is 15.9 Å². The normalized spacial score (nSPS) is 11.7. The zero-order valence-corrected chi connectivity index (χ0v) is 10.7. The molecule has 3 nitrogen and oxygen atoms in total. The molecule has 0 aromatic heterocycles. The molecule has 1 aromatic carbocycles. The molecule has 1 rings (SSSR count). The first kappa shape index (κ1) is 12.7. The third-order valence-corrected chi connectivity index (χ3v) is 3.68. The van der Waals surface area contributed by atoms with E-state index in [0.717, 1.165) is 6.07 Å². The minimum absolute atomic E-state index is 0.0307. The average Bonchev–Trinajstić information content (AvgIpc) is 2.08. The first-order valence-electron chi connectivity index (χ1n) is 3.81. The molecule has 0 atom stereocenters. The number of phenolic OH excluding ortho intramolecular Hbond substituents is 1. The van der Waals surface area contributed by atoms with Gasteiger partial charge in [-0.15, -0.1) is 0 Å². The van der Waals surface area contributed by atoms with E-state index in [1.807, 2.05) is 0 Å². The molecule has 0 aliphatic carbocycles. The molecule has 15 heavy (non-hydrogen) atoms. The fourth-order valence-corrected chi connectivity index (χ4v) is 2.57. The quantitative estimate of drug-likeness (QED) is 0.853. The van der Waals surface area contributed by atoms with Gasteiger partial charge in [0.15, 0.2) is 11.6 Å². The van der Waals surface area contributed by atoms with Crippen LogP contribution in [-0.4, -0.2) is 13.5 Å². The Kier molecular flexibility index (Phi) is 3.63. The van der Waals surface area contributed by atoms with Crippen LogP contribution in [0.3, 0.4) is 0 Å². The van der Waals surface area contributed by atoms with Gasteiger partial charge in [-0.25, -0.2) is 12.8 Å². The molecule has 0 amide bonds. The van der Waals surface area contributed by atoms with Crippen molar-refractivity contribution in [3.8, 4) is 5.75 Å². The Morgan fingerprint density at radius 2 is 2.13 bits per heavy atom. The number of hydrogen-bond acceptors (Lipinski definition) is 3. The fraction of sp³-hybridized carbons (Fsp3) is 0.250. The van der Waals surface area contributed by atoms with Crippen LogP contribution in [-0.2, 0) is 14.8 Å². The lowest BCUT2D eigenvalue weighted by Crippen LogP contribution is -2.00. The smallest absolute Gasteiger partial charge is 0.236 e. The second-order valence-electron chi connectivity index (χ2n) is 2.98. The van der Waals surface area contributed by atoms with Gasteiger partial charge in [0.2, 0.25) is 9.05 Å². The van der Waals surface area contributed by atoms with Crippen LogP contribution in [0.2, 0.25) is 0 Å². The predicted molar refractivity (Wildman–Crippen MR) is 59.0 cm³/mol. The largest absolute Gasteiger partial charge is 0.505 e. The summed E-state index contributed by atoms with van der Waals surface area (Å²) in [6.07, 6.45) is 0. The van der Waals surface area contributed by atoms with E-state index in [0.29, 0.717) is 10.0 Å². The summed E-state index contributed by atoms with van der Waals surface area (Å²) in [6.45, 7) is 1.56. The van der Waals surface area contributed by atoms with Gasteiger partial charge in [-0.2, -0.15) is 0 Å². The molecule has 0 fully saturated rings. The highest BCUT2D eigenvalue weighted by atomic mass is 79.9. The molecule has 0 saturated heterocycles. The molecule has 0 radical (unpaired) electrons. The second-order valence-corrected chi connectivity index (χ2v) is 6.61. The number of hydrogen-bond donors (Lipinski definition) is 1. The Hall–Kier alpha value is -0.330. The Bertz CT molecular complexity index is 475. The summed E-state index contributed by atoms with van der Waals surface area (Å²) in [7, 11) is 1.21. The highest BCUT2D eigenvalue weighted by Gasteiger charge is 2.18. The molecule has 0 bridgehead atoms. The van der Waals surface area contributed by atoms with E-state index in [-0.39, 0.29) is 5.56 Å². The monoisotopic (exact) mass is 316 g/mol. The van der Waals surface area contributed by atoms with E-state index >= 15 is 0 Å². The van der Waals surface area contributed by atoms with Crippen molar-refractivity contribution in [1.82, 2.24) is 0 Å². The van der Waals surface area contributed by atoms with Crippen LogP contribution >= 0.6 is 26.6 Å².